The summed E-state index contributed by atoms with van der Waals surface area (Å²) >= 11 is 0. The highest BCUT2D eigenvalue weighted by Crippen LogP contribution is 2.41. The summed E-state index contributed by atoms with van der Waals surface area (Å²) in [6.45, 7) is 6.11. The smallest absolute Gasteiger partial charge is 0.296 e. The van der Waals surface area contributed by atoms with Gasteiger partial charge in [0.05, 0.1) is 17.0 Å². The first-order valence-electron chi connectivity index (χ1n) is 10.5. The molecule has 1 aliphatic heterocycles. The van der Waals surface area contributed by atoms with Crippen LogP contribution in [0.3, 0.4) is 0 Å². The first kappa shape index (κ1) is 20.1. The zero-order chi connectivity index (χ0) is 22.6. The third kappa shape index (κ3) is 3.11. The van der Waals surface area contributed by atoms with Gasteiger partial charge in [-0.05, 0) is 59.9 Å². The van der Waals surface area contributed by atoms with Gasteiger partial charge in [0.15, 0.2) is 5.43 Å². The van der Waals surface area contributed by atoms with Crippen LogP contribution in [0.4, 0.5) is 10.2 Å². The van der Waals surface area contributed by atoms with Crippen LogP contribution in [0.15, 0.2) is 70.0 Å². The predicted molar refractivity (Wildman–Crippen MR) is 121 cm³/mol. The molecule has 0 bridgehead atoms. The molecule has 160 valence electrons. The summed E-state index contributed by atoms with van der Waals surface area (Å²) in [5.41, 5.74) is 2.80. The molecule has 5 rings (SSSR count). The molecule has 0 N–H and O–H groups in total. The number of carbonyl (C=O) groups is 1. The highest BCUT2D eigenvalue weighted by Gasteiger charge is 2.44. The van der Waals surface area contributed by atoms with Crippen LogP contribution in [0, 0.1) is 12.7 Å². The Morgan fingerprint density at radius 2 is 1.78 bits per heavy atom. The fourth-order valence-corrected chi connectivity index (χ4v) is 4.21. The molecular weight excluding hydrogens is 407 g/mol. The summed E-state index contributed by atoms with van der Waals surface area (Å²) in [6.07, 6.45) is 1.63. The number of halogens is 1. The van der Waals surface area contributed by atoms with Crippen molar-refractivity contribution in [1.82, 2.24) is 4.98 Å². The third-order valence-electron chi connectivity index (χ3n) is 5.90. The third-order valence-corrected chi connectivity index (χ3v) is 5.90. The van der Waals surface area contributed by atoms with E-state index in [1.807, 2.05) is 37.3 Å². The van der Waals surface area contributed by atoms with Crippen LogP contribution < -0.4 is 10.3 Å². The van der Waals surface area contributed by atoms with Crippen LogP contribution >= 0.6 is 0 Å². The molecule has 1 amide bonds. The van der Waals surface area contributed by atoms with Gasteiger partial charge in [0.2, 0.25) is 5.76 Å². The second-order valence-electron chi connectivity index (χ2n) is 8.40. The Hall–Kier alpha value is -3.80. The zero-order valence-electron chi connectivity index (χ0n) is 17.9. The molecule has 0 aliphatic carbocycles. The molecule has 0 saturated carbocycles. The van der Waals surface area contributed by atoms with Crippen molar-refractivity contribution in [3.8, 4) is 0 Å². The number of fused-ring (bicyclic) bond motifs is 2. The Labute approximate surface area is 184 Å². The molecule has 0 radical (unpaired) electrons. The van der Waals surface area contributed by atoms with E-state index in [-0.39, 0.29) is 22.3 Å². The summed E-state index contributed by atoms with van der Waals surface area (Å²) in [5.74, 6) is -0.249. The molecule has 1 unspecified atom stereocenters. The summed E-state index contributed by atoms with van der Waals surface area (Å²) in [6, 6.07) is 14.5. The molecule has 2 aromatic heterocycles. The molecule has 1 aliphatic rings. The number of aryl methyl sites for hydroxylation is 1. The molecule has 5 nitrogen and oxygen atoms in total. The molecule has 4 aromatic rings. The van der Waals surface area contributed by atoms with Crippen molar-refractivity contribution >= 4 is 22.7 Å². The Morgan fingerprint density at radius 1 is 1.03 bits per heavy atom. The maximum Gasteiger partial charge on any atom is 0.296 e. The van der Waals surface area contributed by atoms with Crippen molar-refractivity contribution in [3.05, 3.63) is 105 Å². The molecule has 3 heterocycles. The number of carbonyl (C=O) groups excluding carboxylic acids is 1. The quantitative estimate of drug-likeness (QED) is 0.432. The van der Waals surface area contributed by atoms with Crippen LogP contribution in [0.2, 0.25) is 0 Å². The van der Waals surface area contributed by atoms with Gasteiger partial charge < -0.3 is 4.42 Å². The highest BCUT2D eigenvalue weighted by atomic mass is 19.1. The van der Waals surface area contributed by atoms with Crippen molar-refractivity contribution in [1.29, 1.82) is 0 Å². The number of nitrogens with zero attached hydrogens (tertiary/aromatic N) is 2. The maximum absolute atomic E-state index is 13.9. The standard InChI is InChI=1S/C26H21FN2O3/c1-14(2)16-4-6-17(7-5-16)23-22-24(30)19-13-18(27)8-9-20(19)32-25(22)26(31)29(23)21-12-15(3)10-11-28-21/h4-14,23H,1-3H3. The number of hydrogen-bond donors (Lipinski definition) is 0. The molecule has 32 heavy (non-hydrogen) atoms. The number of benzene rings is 2. The minimum absolute atomic E-state index is 0.0321. The SMILES string of the molecule is Cc1ccnc(N2C(=O)c3oc4ccc(F)cc4c(=O)c3C2c2ccc(C(C)C)cc2)c1. The largest absolute Gasteiger partial charge is 0.450 e. The maximum atomic E-state index is 13.9. The number of aromatic nitrogens is 1. The van der Waals surface area contributed by atoms with Gasteiger partial charge in [-0.2, -0.15) is 0 Å². The van der Waals surface area contributed by atoms with Crippen molar-refractivity contribution in [2.75, 3.05) is 4.90 Å². The van der Waals surface area contributed by atoms with Crippen LogP contribution in [-0.2, 0) is 0 Å². The summed E-state index contributed by atoms with van der Waals surface area (Å²) in [7, 11) is 0. The van der Waals surface area contributed by atoms with Crippen molar-refractivity contribution in [3.63, 3.8) is 0 Å². The van der Waals surface area contributed by atoms with E-state index in [1.165, 1.54) is 17.0 Å². The molecular formula is C26H21FN2O3. The lowest BCUT2D eigenvalue weighted by molar-refractivity contribution is 0.0970. The van der Waals surface area contributed by atoms with E-state index in [2.05, 4.69) is 18.8 Å². The van der Waals surface area contributed by atoms with E-state index < -0.39 is 23.2 Å². The Bertz CT molecular complexity index is 1420. The van der Waals surface area contributed by atoms with E-state index in [9.17, 15) is 14.0 Å². The summed E-state index contributed by atoms with van der Waals surface area (Å²) in [4.78, 5) is 32.9. The van der Waals surface area contributed by atoms with E-state index >= 15 is 0 Å². The first-order chi connectivity index (χ1) is 15.3. The van der Waals surface area contributed by atoms with Gasteiger partial charge in [-0.15, -0.1) is 0 Å². The Balaban J connectivity index is 1.79. The summed E-state index contributed by atoms with van der Waals surface area (Å²) < 4.78 is 19.8. The lowest BCUT2D eigenvalue weighted by atomic mass is 9.95. The van der Waals surface area contributed by atoms with Crippen molar-refractivity contribution in [2.24, 2.45) is 0 Å². The minimum Gasteiger partial charge on any atom is -0.450 e. The van der Waals surface area contributed by atoms with Crippen molar-refractivity contribution in [2.45, 2.75) is 32.7 Å². The van der Waals surface area contributed by atoms with E-state index in [1.54, 1.807) is 12.3 Å². The summed E-state index contributed by atoms with van der Waals surface area (Å²) in [5, 5.41) is 0.111. The molecule has 0 spiro atoms. The topological polar surface area (TPSA) is 63.4 Å². The van der Waals surface area contributed by atoms with E-state index in [0.29, 0.717) is 11.7 Å². The molecule has 1 atom stereocenters. The minimum atomic E-state index is -0.725. The van der Waals surface area contributed by atoms with Gasteiger partial charge in [0, 0.05) is 6.20 Å². The van der Waals surface area contributed by atoms with Crippen LogP contribution in [0.25, 0.3) is 11.0 Å². The average molecular weight is 428 g/mol. The van der Waals surface area contributed by atoms with Crippen LogP contribution in [-0.4, -0.2) is 10.9 Å². The first-order valence-corrected chi connectivity index (χ1v) is 10.5. The van der Waals surface area contributed by atoms with Gasteiger partial charge in [-0.1, -0.05) is 38.1 Å². The molecule has 6 heteroatoms. The monoisotopic (exact) mass is 428 g/mol. The average Bonchev–Trinajstić information content (AvgIpc) is 3.07. The molecule has 2 aromatic carbocycles. The van der Waals surface area contributed by atoms with Gasteiger partial charge in [-0.25, -0.2) is 9.37 Å². The number of hydrogen-bond acceptors (Lipinski definition) is 4. The van der Waals surface area contributed by atoms with E-state index in [4.69, 9.17) is 4.42 Å². The Kier molecular flexibility index (Phi) is 4.66. The Morgan fingerprint density at radius 3 is 2.47 bits per heavy atom. The number of rotatable bonds is 3. The normalized spacial score (nSPS) is 15.6. The van der Waals surface area contributed by atoms with Crippen LogP contribution in [0.1, 0.15) is 58.6 Å². The fourth-order valence-electron chi connectivity index (χ4n) is 4.21. The lowest BCUT2D eigenvalue weighted by Gasteiger charge is -2.24. The van der Waals surface area contributed by atoms with Gasteiger partial charge in [0.1, 0.15) is 17.2 Å². The molecule has 0 fully saturated rings. The van der Waals surface area contributed by atoms with Gasteiger partial charge in [0.25, 0.3) is 5.91 Å². The predicted octanol–water partition coefficient (Wildman–Crippen LogP) is 5.51. The van der Waals surface area contributed by atoms with E-state index in [0.717, 1.165) is 22.8 Å². The van der Waals surface area contributed by atoms with Gasteiger partial charge in [-0.3, -0.25) is 14.5 Å². The van der Waals surface area contributed by atoms with Crippen LogP contribution in [0.5, 0.6) is 0 Å². The highest BCUT2D eigenvalue weighted by molar-refractivity contribution is 6.10. The number of anilines is 1. The van der Waals surface area contributed by atoms with Gasteiger partial charge >= 0.3 is 0 Å². The second kappa shape index (κ2) is 7.41. The lowest BCUT2D eigenvalue weighted by Crippen LogP contribution is -2.30. The fraction of sp³-hybridized carbons (Fsp3) is 0.192. The molecule has 0 saturated heterocycles. The zero-order valence-corrected chi connectivity index (χ0v) is 17.9. The van der Waals surface area contributed by atoms with Crippen molar-refractivity contribution < 1.29 is 13.6 Å². The number of pyridine rings is 1. The second-order valence-corrected chi connectivity index (χ2v) is 8.40. The number of amides is 1.